The summed E-state index contributed by atoms with van der Waals surface area (Å²) in [7, 11) is -4.20. The van der Waals surface area contributed by atoms with Gasteiger partial charge in [-0.05, 0) is 85.5 Å². The van der Waals surface area contributed by atoms with Crippen LogP contribution in [0.4, 0.5) is 22.7 Å². The number of aliphatic carboxylic acids is 2. The smallest absolute Gasteiger partial charge is 0.307 e. The quantitative estimate of drug-likeness (QED) is 0.0280. The summed E-state index contributed by atoms with van der Waals surface area (Å²) in [5.41, 5.74) is 2.80. The predicted octanol–water partition coefficient (Wildman–Crippen LogP) is 11.1. The molecule has 5 aromatic carbocycles. The van der Waals surface area contributed by atoms with Crippen molar-refractivity contribution >= 4 is 67.2 Å². The number of fused-ring (bicyclic) bond motifs is 1. The fraction of sp³-hybridized carbons (Fsp3) is 0.333. The fourth-order valence-corrected chi connectivity index (χ4v) is 8.77. The number of aromatic hydroxyl groups is 1. The fourth-order valence-electron chi connectivity index (χ4n) is 7.31. The van der Waals surface area contributed by atoms with Gasteiger partial charge in [0, 0.05) is 35.0 Å². The Kier molecular flexibility index (Phi) is 16.5. The van der Waals surface area contributed by atoms with Gasteiger partial charge in [0.25, 0.3) is 15.9 Å². The number of rotatable bonds is 23. The number of nitrogens with one attached hydrogen (secondary N) is 1. The number of phenols is 1. The number of azo groups is 1. The Balaban J connectivity index is 1.33. The highest BCUT2D eigenvalue weighted by molar-refractivity contribution is 7.92. The number of benzene rings is 5. The number of nitrogens with zero attached hydrogens (tertiary/aromatic N) is 3. The highest BCUT2D eigenvalue weighted by Gasteiger charge is 2.25. The number of hydrogen-bond donors (Lipinski definition) is 4. The third-order valence-electron chi connectivity index (χ3n) is 10.6. The molecule has 4 N–H and O–H groups in total. The number of hydrogen-bond acceptors (Lipinski definition) is 9. The van der Waals surface area contributed by atoms with E-state index < -0.39 is 40.7 Å². The van der Waals surface area contributed by atoms with Crippen LogP contribution in [-0.4, -0.2) is 53.9 Å². The van der Waals surface area contributed by atoms with Gasteiger partial charge in [0.1, 0.15) is 5.75 Å². The second-order valence-corrected chi connectivity index (χ2v) is 17.2. The second kappa shape index (κ2) is 21.9. The molecule has 0 bridgehead atoms. The lowest BCUT2D eigenvalue weighted by Crippen LogP contribution is -2.31. The molecular formula is C48H54N4O9S. The highest BCUT2D eigenvalue weighted by atomic mass is 32.2. The molecule has 0 aliphatic rings. The molecule has 0 radical (unpaired) electrons. The van der Waals surface area contributed by atoms with E-state index in [-0.39, 0.29) is 56.7 Å². The van der Waals surface area contributed by atoms with Crippen LogP contribution < -0.4 is 9.62 Å². The van der Waals surface area contributed by atoms with Crippen LogP contribution in [0.5, 0.6) is 5.75 Å². The third-order valence-corrected chi connectivity index (χ3v) is 12.5. The summed E-state index contributed by atoms with van der Waals surface area (Å²) >= 11 is 0. The molecule has 62 heavy (non-hydrogen) atoms. The van der Waals surface area contributed by atoms with Gasteiger partial charge in [0.05, 0.1) is 40.4 Å². The van der Waals surface area contributed by atoms with Crippen molar-refractivity contribution in [3.8, 4) is 5.75 Å². The molecule has 14 heteroatoms. The molecule has 0 fully saturated rings. The van der Waals surface area contributed by atoms with E-state index in [4.69, 9.17) is 0 Å². The lowest BCUT2D eigenvalue weighted by atomic mass is 10.0. The molecule has 0 aliphatic heterocycles. The molecule has 13 nitrogen and oxygen atoms in total. The minimum Gasteiger partial charge on any atom is -0.506 e. The second-order valence-electron chi connectivity index (χ2n) is 15.3. The zero-order chi connectivity index (χ0) is 44.8. The molecule has 326 valence electrons. The van der Waals surface area contributed by atoms with Gasteiger partial charge < -0.3 is 20.6 Å². The number of unbranched alkanes of at least 4 members (excludes halogenated alkanes) is 8. The van der Waals surface area contributed by atoms with Crippen LogP contribution in [0.1, 0.15) is 115 Å². The molecule has 0 aromatic heterocycles. The van der Waals surface area contributed by atoms with Crippen molar-refractivity contribution in [3.05, 3.63) is 119 Å². The van der Waals surface area contributed by atoms with Gasteiger partial charge in [-0.25, -0.2) is 8.42 Å². The number of carbonyl (C=O) groups is 4. The zero-order valence-electron chi connectivity index (χ0n) is 35.4. The minimum absolute atomic E-state index is 0.00218. The summed E-state index contributed by atoms with van der Waals surface area (Å²) in [4.78, 5) is 49.7. The number of carboxylic acids is 2. The van der Waals surface area contributed by atoms with E-state index in [9.17, 15) is 42.9 Å². The van der Waals surface area contributed by atoms with Crippen molar-refractivity contribution in [3.63, 3.8) is 0 Å². The number of ketones is 1. The van der Waals surface area contributed by atoms with E-state index in [1.807, 2.05) is 6.92 Å². The van der Waals surface area contributed by atoms with E-state index in [0.717, 1.165) is 29.1 Å². The molecule has 0 unspecified atom stereocenters. The van der Waals surface area contributed by atoms with Crippen molar-refractivity contribution in [1.29, 1.82) is 0 Å². The lowest BCUT2D eigenvalue weighted by molar-refractivity contribution is -0.137. The number of phenolic OH excluding ortho intramolecular Hbond substituents is 1. The summed E-state index contributed by atoms with van der Waals surface area (Å²) < 4.78 is 28.8. The van der Waals surface area contributed by atoms with Crippen LogP contribution in [0.25, 0.3) is 10.8 Å². The Hall–Kier alpha value is -6.41. The first kappa shape index (κ1) is 46.7. The Morgan fingerprint density at radius 1 is 0.694 bits per heavy atom. The van der Waals surface area contributed by atoms with Crippen molar-refractivity contribution in [1.82, 2.24) is 0 Å². The van der Waals surface area contributed by atoms with Crippen molar-refractivity contribution in [2.75, 3.05) is 16.2 Å². The first-order valence-corrected chi connectivity index (χ1v) is 22.5. The number of Topliss-reactive ketones (excluding diaryl/α,β-unsaturated/α-hetero) is 1. The largest absolute Gasteiger partial charge is 0.506 e. The van der Waals surface area contributed by atoms with Gasteiger partial charge in [0.2, 0.25) is 0 Å². The first-order chi connectivity index (χ1) is 29.7. The maximum absolute atomic E-state index is 13.9. The van der Waals surface area contributed by atoms with Crippen LogP contribution in [0.15, 0.2) is 106 Å². The summed E-state index contributed by atoms with van der Waals surface area (Å²) in [6.45, 7) is 5.61. The number of anilines is 2. The monoisotopic (exact) mass is 862 g/mol. The summed E-state index contributed by atoms with van der Waals surface area (Å²) in [5.74, 6) is -3.17. The SMILES string of the molecule is CCCCCCCCCCCC(=O)c1ccc(C)c(NC(=O)c2cc(N=Nc3ccc(S(=O)(=O)N(CC)c4cc(CC(=O)O)cc(CC(=O)O)c4)cc3)c3ccccc3c2O)c1. The molecule has 0 atom stereocenters. The first-order valence-electron chi connectivity index (χ1n) is 21.0. The Morgan fingerprint density at radius 2 is 1.29 bits per heavy atom. The minimum atomic E-state index is -4.20. The molecule has 0 aliphatic carbocycles. The molecule has 0 saturated carbocycles. The van der Waals surface area contributed by atoms with Gasteiger partial charge in [-0.3, -0.25) is 23.5 Å². The van der Waals surface area contributed by atoms with Gasteiger partial charge in [-0.2, -0.15) is 5.11 Å². The number of amides is 1. The van der Waals surface area contributed by atoms with Crippen LogP contribution in [0.3, 0.4) is 0 Å². The van der Waals surface area contributed by atoms with Gasteiger partial charge >= 0.3 is 11.9 Å². The molecule has 5 rings (SSSR count). The zero-order valence-corrected chi connectivity index (χ0v) is 36.2. The number of aryl methyl sites for hydroxylation is 1. The van der Waals surface area contributed by atoms with E-state index in [0.29, 0.717) is 28.4 Å². The van der Waals surface area contributed by atoms with Crippen molar-refractivity contribution < 1.29 is 42.9 Å². The van der Waals surface area contributed by atoms with Crippen molar-refractivity contribution in [2.24, 2.45) is 10.2 Å². The molecule has 1 amide bonds. The Morgan fingerprint density at radius 3 is 1.89 bits per heavy atom. The van der Waals surface area contributed by atoms with E-state index in [1.165, 1.54) is 87.1 Å². The molecule has 0 heterocycles. The summed E-state index contributed by atoms with van der Waals surface area (Å²) in [5, 5.41) is 42.4. The van der Waals surface area contributed by atoms with Crippen LogP contribution in [0, 0.1) is 6.92 Å². The number of carboxylic acid groups (broad SMARTS) is 2. The maximum atomic E-state index is 13.9. The molecule has 0 saturated heterocycles. The molecule has 5 aromatic rings. The summed E-state index contributed by atoms with van der Waals surface area (Å²) in [6, 6.07) is 23.3. The third kappa shape index (κ3) is 12.3. The standard InChI is InChI=1S/C48H54N4O9S/c1-4-6-7-8-9-10-11-12-13-18-44(53)35-20-19-32(3)42(30-35)49-48(59)41-31-43(39-16-14-15-17-40(39)47(41)58)51-50-36-21-23-38(24-22-36)62(60,61)52(5-2)37-26-33(28-45(54)55)25-34(27-37)29-46(56)57/h14-17,19-27,30-31,58H,4-13,18,28-29H2,1-3H3,(H,49,59)(H,54,55)(H,56,57). The maximum Gasteiger partial charge on any atom is 0.307 e. The van der Waals surface area contributed by atoms with E-state index >= 15 is 0 Å². The average molecular weight is 863 g/mol. The van der Waals surface area contributed by atoms with Gasteiger partial charge in [0.15, 0.2) is 5.78 Å². The van der Waals surface area contributed by atoms with E-state index in [2.05, 4.69) is 22.5 Å². The number of carbonyl (C=O) groups excluding carboxylic acids is 2. The Labute approximate surface area is 362 Å². The Bertz CT molecular complexity index is 2520. The van der Waals surface area contributed by atoms with E-state index in [1.54, 1.807) is 49.4 Å². The van der Waals surface area contributed by atoms with Crippen LogP contribution >= 0.6 is 0 Å². The number of sulfonamides is 1. The van der Waals surface area contributed by atoms with Gasteiger partial charge in [-0.15, -0.1) is 5.11 Å². The normalized spacial score (nSPS) is 11.5. The average Bonchev–Trinajstić information content (AvgIpc) is 3.23. The topological polar surface area (TPSA) is 203 Å². The molecule has 0 spiro atoms. The highest BCUT2D eigenvalue weighted by Crippen LogP contribution is 2.38. The summed E-state index contributed by atoms with van der Waals surface area (Å²) in [6.07, 6.45) is 9.94. The van der Waals surface area contributed by atoms with Crippen LogP contribution in [-0.2, 0) is 32.5 Å². The van der Waals surface area contributed by atoms with Gasteiger partial charge in [-0.1, -0.05) is 101 Å². The lowest BCUT2D eigenvalue weighted by Gasteiger charge is -2.24. The van der Waals surface area contributed by atoms with Crippen LogP contribution in [0.2, 0.25) is 0 Å². The molecular weight excluding hydrogens is 809 g/mol. The predicted molar refractivity (Wildman–Crippen MR) is 241 cm³/mol. The van der Waals surface area contributed by atoms with Crippen molar-refractivity contribution in [2.45, 2.75) is 103 Å².